The van der Waals surface area contributed by atoms with Gasteiger partial charge in [0.1, 0.15) is 5.82 Å². The largest absolute Gasteiger partial charge is 0.416 e. The second kappa shape index (κ2) is 7.66. The maximum Gasteiger partial charge on any atom is 0.416 e. The fourth-order valence-corrected chi connectivity index (χ4v) is 3.16. The summed E-state index contributed by atoms with van der Waals surface area (Å²) in [6, 6.07) is 5.03. The SMILES string of the molecule is O=C(Nc1nc2cc(C(F)(F)F)cc(NC3CCCNC3)n2n1)c1cccnc1. The number of carbonyl (C=O) groups is 1. The third-order valence-corrected chi connectivity index (χ3v) is 4.56. The number of aromatic nitrogens is 4. The van der Waals surface area contributed by atoms with Gasteiger partial charge in [0.15, 0.2) is 5.65 Å². The Morgan fingerprint density at radius 1 is 1.31 bits per heavy atom. The summed E-state index contributed by atoms with van der Waals surface area (Å²) < 4.78 is 41.3. The van der Waals surface area contributed by atoms with Crippen LogP contribution in [0.1, 0.15) is 28.8 Å². The van der Waals surface area contributed by atoms with Crippen LogP contribution in [0.5, 0.6) is 0 Å². The second-order valence-corrected chi connectivity index (χ2v) is 6.72. The molecule has 29 heavy (non-hydrogen) atoms. The summed E-state index contributed by atoms with van der Waals surface area (Å²) in [6.07, 6.45) is 0.105. The van der Waals surface area contributed by atoms with E-state index in [-0.39, 0.29) is 29.0 Å². The first kappa shape index (κ1) is 19.1. The first-order chi connectivity index (χ1) is 13.9. The van der Waals surface area contributed by atoms with E-state index >= 15 is 0 Å². The van der Waals surface area contributed by atoms with Gasteiger partial charge in [-0.05, 0) is 43.7 Å². The van der Waals surface area contributed by atoms with E-state index < -0.39 is 17.6 Å². The summed E-state index contributed by atoms with van der Waals surface area (Å²) in [4.78, 5) is 20.2. The predicted molar refractivity (Wildman–Crippen MR) is 99.7 cm³/mol. The summed E-state index contributed by atoms with van der Waals surface area (Å²) in [5, 5.41) is 13.0. The molecule has 4 rings (SSSR count). The number of nitrogens with one attached hydrogen (secondary N) is 3. The molecule has 11 heteroatoms. The molecule has 0 saturated carbocycles. The average Bonchev–Trinajstić information content (AvgIpc) is 3.11. The second-order valence-electron chi connectivity index (χ2n) is 6.72. The highest BCUT2D eigenvalue weighted by molar-refractivity contribution is 6.03. The van der Waals surface area contributed by atoms with Crippen LogP contribution in [-0.2, 0) is 6.18 Å². The van der Waals surface area contributed by atoms with Gasteiger partial charge in [0.2, 0.25) is 5.95 Å². The first-order valence-electron chi connectivity index (χ1n) is 9.07. The van der Waals surface area contributed by atoms with Crippen molar-refractivity contribution in [2.45, 2.75) is 25.1 Å². The standard InChI is InChI=1S/C18H18F3N7O/c19-18(20,21)12-7-14(24-13-4-2-6-23-10-13)28-15(8-12)25-17(27-28)26-16(29)11-3-1-5-22-9-11/h1,3,5,7-9,13,23-24H,2,4,6,10H2,(H,26,27,29). The van der Waals surface area contributed by atoms with Crippen molar-refractivity contribution in [1.82, 2.24) is 24.9 Å². The van der Waals surface area contributed by atoms with Crippen LogP contribution in [-0.4, -0.2) is 44.6 Å². The normalized spacial score (nSPS) is 17.3. The first-order valence-corrected chi connectivity index (χ1v) is 9.07. The number of amides is 1. The van der Waals surface area contributed by atoms with E-state index in [9.17, 15) is 18.0 Å². The van der Waals surface area contributed by atoms with E-state index in [1.54, 1.807) is 12.1 Å². The lowest BCUT2D eigenvalue weighted by Crippen LogP contribution is -2.38. The zero-order valence-corrected chi connectivity index (χ0v) is 15.2. The van der Waals surface area contributed by atoms with Gasteiger partial charge >= 0.3 is 6.18 Å². The zero-order valence-electron chi connectivity index (χ0n) is 15.2. The molecule has 1 aliphatic heterocycles. The van der Waals surface area contributed by atoms with E-state index in [0.717, 1.165) is 31.5 Å². The molecule has 1 fully saturated rings. The van der Waals surface area contributed by atoms with Crippen molar-refractivity contribution in [3.05, 3.63) is 47.8 Å². The van der Waals surface area contributed by atoms with Gasteiger partial charge in [-0.3, -0.25) is 15.1 Å². The Balaban J connectivity index is 1.67. The number of rotatable bonds is 4. The Kier molecular flexibility index (Phi) is 5.05. The molecule has 1 atom stereocenters. The zero-order chi connectivity index (χ0) is 20.4. The molecule has 0 bridgehead atoms. The van der Waals surface area contributed by atoms with Crippen LogP contribution in [0.25, 0.3) is 5.65 Å². The number of alkyl halides is 3. The van der Waals surface area contributed by atoms with Gasteiger partial charge in [-0.1, -0.05) is 0 Å². The average molecular weight is 405 g/mol. The number of anilines is 2. The highest BCUT2D eigenvalue weighted by atomic mass is 19.4. The molecule has 4 heterocycles. The lowest BCUT2D eigenvalue weighted by Gasteiger charge is -2.25. The van der Waals surface area contributed by atoms with Gasteiger partial charge < -0.3 is 10.6 Å². The Morgan fingerprint density at radius 3 is 2.86 bits per heavy atom. The number of nitrogens with zero attached hydrogens (tertiary/aromatic N) is 4. The number of hydrogen-bond donors (Lipinski definition) is 3. The molecule has 152 valence electrons. The molecule has 0 radical (unpaired) electrons. The summed E-state index contributed by atoms with van der Waals surface area (Å²) in [7, 11) is 0. The molecular weight excluding hydrogens is 387 g/mol. The van der Waals surface area contributed by atoms with Gasteiger partial charge in [-0.2, -0.15) is 22.7 Å². The van der Waals surface area contributed by atoms with Crippen molar-refractivity contribution >= 4 is 23.3 Å². The van der Waals surface area contributed by atoms with E-state index in [0.29, 0.717) is 6.54 Å². The Hall–Kier alpha value is -3.21. The lowest BCUT2D eigenvalue weighted by molar-refractivity contribution is -0.137. The Labute approximate surface area is 163 Å². The molecule has 1 amide bonds. The van der Waals surface area contributed by atoms with E-state index in [2.05, 4.69) is 31.0 Å². The van der Waals surface area contributed by atoms with Gasteiger partial charge in [-0.15, -0.1) is 5.10 Å². The van der Waals surface area contributed by atoms with E-state index in [1.807, 2.05) is 0 Å². The molecule has 1 unspecified atom stereocenters. The number of carbonyl (C=O) groups excluding carboxylic acids is 1. The highest BCUT2D eigenvalue weighted by Crippen LogP contribution is 2.32. The lowest BCUT2D eigenvalue weighted by atomic mass is 10.1. The van der Waals surface area contributed by atoms with Gasteiger partial charge in [0.25, 0.3) is 5.91 Å². The number of hydrogen-bond acceptors (Lipinski definition) is 6. The summed E-state index contributed by atoms with van der Waals surface area (Å²) in [6.45, 7) is 1.51. The molecule has 0 aromatic carbocycles. The van der Waals surface area contributed by atoms with E-state index in [4.69, 9.17) is 0 Å². The molecule has 3 N–H and O–H groups in total. The minimum absolute atomic E-state index is 0.0208. The Bertz CT molecular complexity index is 1010. The maximum absolute atomic E-state index is 13.3. The number of halogens is 3. The van der Waals surface area contributed by atoms with E-state index in [1.165, 1.54) is 16.9 Å². The summed E-state index contributed by atoms with van der Waals surface area (Å²) in [5.41, 5.74) is -0.574. The molecule has 8 nitrogen and oxygen atoms in total. The van der Waals surface area contributed by atoms with Crippen LogP contribution in [0.3, 0.4) is 0 Å². The van der Waals surface area contributed by atoms with Crippen molar-refractivity contribution in [3.63, 3.8) is 0 Å². The predicted octanol–water partition coefficient (Wildman–Crippen LogP) is 2.56. The number of piperidine rings is 1. The fraction of sp³-hybridized carbons (Fsp3) is 0.333. The summed E-state index contributed by atoms with van der Waals surface area (Å²) >= 11 is 0. The quantitative estimate of drug-likeness (QED) is 0.618. The fourth-order valence-electron chi connectivity index (χ4n) is 3.16. The highest BCUT2D eigenvalue weighted by Gasteiger charge is 2.32. The van der Waals surface area contributed by atoms with Crippen LogP contribution in [0.4, 0.5) is 24.9 Å². The van der Waals surface area contributed by atoms with Crippen molar-refractivity contribution in [2.75, 3.05) is 23.7 Å². The summed E-state index contributed by atoms with van der Waals surface area (Å²) in [5.74, 6) is -0.433. The third kappa shape index (κ3) is 4.29. The topological polar surface area (TPSA) is 96.2 Å². The third-order valence-electron chi connectivity index (χ3n) is 4.56. The van der Waals surface area contributed by atoms with Crippen molar-refractivity contribution in [3.8, 4) is 0 Å². The van der Waals surface area contributed by atoms with Crippen LogP contribution in [0.2, 0.25) is 0 Å². The molecule has 3 aromatic heterocycles. The van der Waals surface area contributed by atoms with Crippen LogP contribution in [0, 0.1) is 0 Å². The molecule has 1 saturated heterocycles. The minimum atomic E-state index is -4.53. The minimum Gasteiger partial charge on any atom is -0.366 e. The van der Waals surface area contributed by atoms with Crippen LogP contribution < -0.4 is 16.0 Å². The van der Waals surface area contributed by atoms with Gasteiger partial charge in [0, 0.05) is 25.0 Å². The maximum atomic E-state index is 13.3. The van der Waals surface area contributed by atoms with Crippen molar-refractivity contribution in [1.29, 1.82) is 0 Å². The van der Waals surface area contributed by atoms with Crippen LogP contribution in [0.15, 0.2) is 36.7 Å². The molecule has 1 aliphatic rings. The number of fused-ring (bicyclic) bond motifs is 1. The molecular formula is C18H18F3N7O. The smallest absolute Gasteiger partial charge is 0.366 e. The molecule has 0 aliphatic carbocycles. The van der Waals surface area contributed by atoms with Crippen LogP contribution >= 0.6 is 0 Å². The number of pyridine rings is 2. The van der Waals surface area contributed by atoms with Gasteiger partial charge in [0.05, 0.1) is 11.1 Å². The Morgan fingerprint density at radius 2 is 2.17 bits per heavy atom. The van der Waals surface area contributed by atoms with Crippen molar-refractivity contribution in [2.24, 2.45) is 0 Å². The molecule has 3 aromatic rings. The van der Waals surface area contributed by atoms with Gasteiger partial charge in [-0.25, -0.2) is 0 Å². The molecule has 0 spiro atoms. The monoisotopic (exact) mass is 405 g/mol. The van der Waals surface area contributed by atoms with Crippen molar-refractivity contribution < 1.29 is 18.0 Å².